The summed E-state index contributed by atoms with van der Waals surface area (Å²) in [6.07, 6.45) is -17.0. The van der Waals surface area contributed by atoms with Crippen molar-refractivity contribution in [2.45, 2.75) is 43.4 Å². The van der Waals surface area contributed by atoms with Crippen LogP contribution in [0.1, 0.15) is 35.4 Å². The van der Waals surface area contributed by atoms with Crippen molar-refractivity contribution in [2.24, 2.45) is 0 Å². The highest BCUT2D eigenvalue weighted by Gasteiger charge is 2.41. The quantitative estimate of drug-likeness (QED) is 0.724. The molecule has 154 valence electrons. The standard InChI is InChI=1S/C16H16F9NO/c17-14(18,19)11-4-10(5-12(6-11)15(20,21)22)9-2-1-3-26(7-9)8-13(27)16(23,24)25/h4-6,9,13,27H,1-3,7-8H2. The molecular formula is C16H16F9NO. The Hall–Kier alpha value is -1.49. The second-order valence-electron chi connectivity index (χ2n) is 6.50. The SMILES string of the molecule is OC(CN1CCCC(c2cc(C(F)(F)F)cc(C(F)(F)F)c2)C1)C(F)(F)F. The molecule has 1 aliphatic rings. The Morgan fingerprint density at radius 2 is 1.44 bits per heavy atom. The van der Waals surface area contributed by atoms with Gasteiger partial charge in [0.15, 0.2) is 6.10 Å². The van der Waals surface area contributed by atoms with Gasteiger partial charge in [0.2, 0.25) is 0 Å². The molecule has 2 nitrogen and oxygen atoms in total. The molecule has 1 saturated heterocycles. The topological polar surface area (TPSA) is 23.5 Å². The van der Waals surface area contributed by atoms with E-state index >= 15 is 0 Å². The average molecular weight is 409 g/mol. The molecule has 0 saturated carbocycles. The van der Waals surface area contributed by atoms with Crippen LogP contribution in [0.3, 0.4) is 0 Å². The number of piperidine rings is 1. The van der Waals surface area contributed by atoms with Crippen molar-refractivity contribution < 1.29 is 44.6 Å². The summed E-state index contributed by atoms with van der Waals surface area (Å²) in [5, 5.41) is 9.13. The molecule has 2 unspecified atom stereocenters. The third kappa shape index (κ3) is 5.74. The van der Waals surface area contributed by atoms with Crippen LogP contribution in [0.25, 0.3) is 0 Å². The van der Waals surface area contributed by atoms with Crippen molar-refractivity contribution in [1.82, 2.24) is 4.90 Å². The van der Waals surface area contributed by atoms with Crippen LogP contribution in [-0.2, 0) is 12.4 Å². The van der Waals surface area contributed by atoms with Crippen LogP contribution in [0, 0.1) is 0 Å². The van der Waals surface area contributed by atoms with E-state index < -0.39 is 48.2 Å². The first-order valence-electron chi connectivity index (χ1n) is 7.94. The number of aliphatic hydroxyl groups is 1. The van der Waals surface area contributed by atoms with E-state index in [9.17, 15) is 39.5 Å². The van der Waals surface area contributed by atoms with Crippen molar-refractivity contribution in [2.75, 3.05) is 19.6 Å². The number of hydrogen-bond donors (Lipinski definition) is 1. The van der Waals surface area contributed by atoms with Crippen LogP contribution in [0.5, 0.6) is 0 Å². The zero-order valence-corrected chi connectivity index (χ0v) is 13.7. The van der Waals surface area contributed by atoms with Crippen molar-refractivity contribution in [3.05, 3.63) is 34.9 Å². The molecule has 0 amide bonds. The highest BCUT2D eigenvalue weighted by atomic mass is 19.4. The first-order valence-corrected chi connectivity index (χ1v) is 7.94. The van der Waals surface area contributed by atoms with Gasteiger partial charge in [-0.15, -0.1) is 0 Å². The van der Waals surface area contributed by atoms with Crippen LogP contribution in [0.4, 0.5) is 39.5 Å². The van der Waals surface area contributed by atoms with E-state index in [-0.39, 0.29) is 37.6 Å². The predicted molar refractivity (Wildman–Crippen MR) is 76.9 cm³/mol. The largest absolute Gasteiger partial charge is 0.416 e. The summed E-state index contributed by atoms with van der Waals surface area (Å²) in [6, 6.07) is 1.21. The van der Waals surface area contributed by atoms with E-state index in [1.165, 1.54) is 4.90 Å². The van der Waals surface area contributed by atoms with Gasteiger partial charge in [0.25, 0.3) is 0 Å². The summed E-state index contributed by atoms with van der Waals surface area (Å²) >= 11 is 0. The zero-order valence-electron chi connectivity index (χ0n) is 13.7. The number of benzene rings is 1. The minimum atomic E-state index is -4.99. The van der Waals surface area contributed by atoms with E-state index in [4.69, 9.17) is 5.11 Å². The maximum Gasteiger partial charge on any atom is 0.416 e. The van der Waals surface area contributed by atoms with Crippen molar-refractivity contribution >= 4 is 0 Å². The molecule has 1 aromatic carbocycles. The molecule has 0 spiro atoms. The number of likely N-dealkylation sites (tertiary alicyclic amines) is 1. The molecule has 27 heavy (non-hydrogen) atoms. The minimum Gasteiger partial charge on any atom is -0.382 e. The Balaban J connectivity index is 2.28. The molecule has 1 heterocycles. The monoisotopic (exact) mass is 409 g/mol. The Morgan fingerprint density at radius 1 is 0.926 bits per heavy atom. The fraction of sp³-hybridized carbons (Fsp3) is 0.625. The van der Waals surface area contributed by atoms with Crippen LogP contribution in [0.2, 0.25) is 0 Å². The molecule has 0 bridgehead atoms. The third-order valence-electron chi connectivity index (χ3n) is 4.40. The van der Waals surface area contributed by atoms with Crippen LogP contribution >= 0.6 is 0 Å². The zero-order chi connectivity index (χ0) is 20.6. The smallest absolute Gasteiger partial charge is 0.382 e. The van der Waals surface area contributed by atoms with E-state index in [0.717, 1.165) is 0 Å². The van der Waals surface area contributed by atoms with Gasteiger partial charge in [-0.2, -0.15) is 39.5 Å². The second-order valence-corrected chi connectivity index (χ2v) is 6.50. The summed E-state index contributed by atoms with van der Waals surface area (Å²) in [4.78, 5) is 1.19. The van der Waals surface area contributed by atoms with Gasteiger partial charge in [0, 0.05) is 13.1 Å². The number of rotatable bonds is 3. The molecular weight excluding hydrogens is 393 g/mol. The van der Waals surface area contributed by atoms with Gasteiger partial charge < -0.3 is 5.11 Å². The fourth-order valence-electron chi connectivity index (χ4n) is 3.06. The van der Waals surface area contributed by atoms with Crippen LogP contribution in [0.15, 0.2) is 18.2 Å². The number of nitrogens with zero attached hydrogens (tertiary/aromatic N) is 1. The molecule has 1 fully saturated rings. The first kappa shape index (κ1) is 21.8. The Labute approximate surface area is 148 Å². The lowest BCUT2D eigenvalue weighted by molar-refractivity contribution is -0.208. The number of hydrogen-bond acceptors (Lipinski definition) is 2. The summed E-state index contributed by atoms with van der Waals surface area (Å²) in [6.45, 7) is -0.800. The first-order chi connectivity index (χ1) is 12.2. The van der Waals surface area contributed by atoms with Crippen molar-refractivity contribution in [3.63, 3.8) is 0 Å². The van der Waals surface area contributed by atoms with Gasteiger partial charge in [-0.25, -0.2) is 0 Å². The summed E-state index contributed by atoms with van der Waals surface area (Å²) in [5.74, 6) is -0.803. The summed E-state index contributed by atoms with van der Waals surface area (Å²) < 4.78 is 115. The number of halogens is 9. The maximum atomic E-state index is 12.9. The lowest BCUT2D eigenvalue weighted by Gasteiger charge is -2.34. The van der Waals surface area contributed by atoms with E-state index in [1.54, 1.807) is 0 Å². The molecule has 1 aromatic rings. The minimum absolute atomic E-state index is 0.0114. The summed E-state index contributed by atoms with van der Waals surface area (Å²) in [5.41, 5.74) is -3.15. The van der Waals surface area contributed by atoms with E-state index in [2.05, 4.69) is 0 Å². The van der Waals surface area contributed by atoms with Gasteiger partial charge >= 0.3 is 18.5 Å². The van der Waals surface area contributed by atoms with Gasteiger partial charge in [0.1, 0.15) is 0 Å². The van der Waals surface area contributed by atoms with Crippen molar-refractivity contribution in [1.29, 1.82) is 0 Å². The second kappa shape index (κ2) is 7.50. The molecule has 11 heteroatoms. The molecule has 1 aliphatic heterocycles. The van der Waals surface area contributed by atoms with Gasteiger partial charge in [-0.3, -0.25) is 4.90 Å². The summed E-state index contributed by atoms with van der Waals surface area (Å²) in [7, 11) is 0. The lowest BCUT2D eigenvalue weighted by atomic mass is 9.88. The molecule has 0 aromatic heterocycles. The predicted octanol–water partition coefficient (Wildman–Crippen LogP) is 4.83. The fourth-order valence-corrected chi connectivity index (χ4v) is 3.06. The van der Waals surface area contributed by atoms with E-state index in [1.807, 2.05) is 0 Å². The Morgan fingerprint density at radius 3 is 1.89 bits per heavy atom. The van der Waals surface area contributed by atoms with E-state index in [0.29, 0.717) is 12.1 Å². The Kier molecular flexibility index (Phi) is 6.05. The highest BCUT2D eigenvalue weighted by molar-refractivity contribution is 5.36. The third-order valence-corrected chi connectivity index (χ3v) is 4.40. The number of alkyl halides is 9. The molecule has 2 rings (SSSR count). The van der Waals surface area contributed by atoms with Crippen LogP contribution < -0.4 is 0 Å². The van der Waals surface area contributed by atoms with Gasteiger partial charge in [-0.1, -0.05) is 0 Å². The van der Waals surface area contributed by atoms with Crippen LogP contribution in [-0.4, -0.2) is 41.9 Å². The lowest BCUT2D eigenvalue weighted by Crippen LogP contribution is -2.44. The molecule has 0 radical (unpaired) electrons. The normalized spacial score (nSPS) is 21.3. The Bertz CT molecular complexity index is 619. The highest BCUT2D eigenvalue weighted by Crippen LogP contribution is 2.39. The number of β-amino-alcohol motifs (C(OH)–C–C–N with tert-alkyl or cyclic N) is 1. The molecule has 1 N–H and O–H groups in total. The number of aliphatic hydroxyl groups excluding tert-OH is 1. The molecule has 2 atom stereocenters. The molecule has 0 aliphatic carbocycles. The van der Waals surface area contributed by atoms with Gasteiger partial charge in [0.05, 0.1) is 11.1 Å². The maximum absolute atomic E-state index is 12.9. The van der Waals surface area contributed by atoms with Gasteiger partial charge in [-0.05, 0) is 49.1 Å². The average Bonchev–Trinajstić information content (AvgIpc) is 2.52. The van der Waals surface area contributed by atoms with Crippen molar-refractivity contribution in [3.8, 4) is 0 Å².